The number of pyridine rings is 1. The molecule has 1 aromatic carbocycles. The maximum absolute atomic E-state index is 10.8. The fourth-order valence-electron chi connectivity index (χ4n) is 1.93. The standard InChI is InChI=1S/C11H7ClIN3O/c12-6-3-8-7-1-2-14-5-10(7)15-11(8)9(4-6)16-13-17/h1-5,15H,(H,16,17). The molecule has 2 aromatic heterocycles. The van der Waals surface area contributed by atoms with Crippen LogP contribution in [0.2, 0.25) is 5.02 Å². The van der Waals surface area contributed by atoms with E-state index < -0.39 is 21.5 Å². The molecule has 0 spiro atoms. The van der Waals surface area contributed by atoms with Crippen molar-refractivity contribution >= 4 is 60.6 Å². The zero-order chi connectivity index (χ0) is 11.8. The van der Waals surface area contributed by atoms with Crippen LogP contribution < -0.4 is 3.53 Å². The summed E-state index contributed by atoms with van der Waals surface area (Å²) in [4.78, 5) is 7.32. The van der Waals surface area contributed by atoms with Gasteiger partial charge in [0.2, 0.25) is 0 Å². The smallest absolute Gasteiger partial charge is 0.270 e. The molecule has 3 aromatic rings. The molecule has 86 valence electrons. The molecule has 0 radical (unpaired) electrons. The Hall–Kier alpha value is -1.21. The van der Waals surface area contributed by atoms with E-state index in [9.17, 15) is 3.07 Å². The van der Waals surface area contributed by atoms with Crippen LogP contribution in [0.1, 0.15) is 0 Å². The molecule has 0 fully saturated rings. The number of aromatic amines is 1. The maximum Gasteiger partial charge on any atom is 0.270 e. The van der Waals surface area contributed by atoms with Gasteiger partial charge in [-0.1, -0.05) is 11.6 Å². The number of nitrogens with one attached hydrogen (secondary N) is 2. The van der Waals surface area contributed by atoms with Crippen molar-refractivity contribution in [3.63, 3.8) is 0 Å². The van der Waals surface area contributed by atoms with Gasteiger partial charge in [0, 0.05) is 22.0 Å². The fourth-order valence-corrected chi connectivity index (χ4v) is 2.81. The van der Waals surface area contributed by atoms with Gasteiger partial charge >= 0.3 is 0 Å². The number of hydrogen-bond donors (Lipinski definition) is 2. The zero-order valence-electron chi connectivity index (χ0n) is 8.50. The van der Waals surface area contributed by atoms with Crippen LogP contribution in [0.5, 0.6) is 0 Å². The minimum Gasteiger partial charge on any atom is -0.352 e. The molecule has 0 amide bonds. The highest BCUT2D eigenvalue weighted by Gasteiger charge is 2.09. The first-order valence-corrected chi connectivity index (χ1v) is 7.20. The number of halogens is 2. The van der Waals surface area contributed by atoms with Gasteiger partial charge in [-0.15, -0.1) is 0 Å². The molecule has 2 N–H and O–H groups in total. The SMILES string of the molecule is O=INc1cc(Cl)cc2c1[nH]c1cnccc12. The summed E-state index contributed by atoms with van der Waals surface area (Å²) in [6, 6.07) is 5.59. The fraction of sp³-hybridized carbons (Fsp3) is 0. The molecule has 4 nitrogen and oxygen atoms in total. The van der Waals surface area contributed by atoms with Gasteiger partial charge in [-0.3, -0.25) is 4.98 Å². The van der Waals surface area contributed by atoms with Gasteiger partial charge in [0.25, 0.3) is 21.5 Å². The highest BCUT2D eigenvalue weighted by atomic mass is 127. The largest absolute Gasteiger partial charge is 0.352 e. The van der Waals surface area contributed by atoms with Crippen LogP contribution >= 0.6 is 33.1 Å². The lowest BCUT2D eigenvalue weighted by Gasteiger charge is -2.01. The van der Waals surface area contributed by atoms with Crippen molar-refractivity contribution in [2.75, 3.05) is 3.53 Å². The second kappa shape index (κ2) is 4.23. The topological polar surface area (TPSA) is 57.8 Å². The van der Waals surface area contributed by atoms with Crippen LogP contribution in [0.4, 0.5) is 5.69 Å². The molecular formula is C11H7ClIN3O. The average molecular weight is 360 g/mol. The third-order valence-electron chi connectivity index (χ3n) is 2.61. The quantitative estimate of drug-likeness (QED) is 0.537. The first kappa shape index (κ1) is 10.9. The number of fused-ring (bicyclic) bond motifs is 3. The number of rotatable bonds is 2. The Balaban J connectivity index is 2.46. The van der Waals surface area contributed by atoms with E-state index >= 15 is 0 Å². The summed E-state index contributed by atoms with van der Waals surface area (Å²) in [7, 11) is 0. The Kier molecular flexibility index (Phi) is 2.71. The molecule has 0 saturated heterocycles. The van der Waals surface area contributed by atoms with Crippen LogP contribution in [0.3, 0.4) is 0 Å². The van der Waals surface area contributed by atoms with E-state index in [1.54, 1.807) is 18.5 Å². The monoisotopic (exact) mass is 359 g/mol. The highest BCUT2D eigenvalue weighted by molar-refractivity contribution is 14.1. The van der Waals surface area contributed by atoms with Crippen molar-refractivity contribution in [1.29, 1.82) is 0 Å². The Morgan fingerprint density at radius 2 is 2.24 bits per heavy atom. The molecule has 17 heavy (non-hydrogen) atoms. The van der Waals surface area contributed by atoms with E-state index in [4.69, 9.17) is 11.6 Å². The predicted octanol–water partition coefficient (Wildman–Crippen LogP) is 4.01. The molecule has 0 bridgehead atoms. The molecule has 0 saturated carbocycles. The van der Waals surface area contributed by atoms with E-state index in [0.29, 0.717) is 5.02 Å². The molecule has 0 atom stereocenters. The number of hydrogen-bond acceptors (Lipinski definition) is 2. The lowest BCUT2D eigenvalue weighted by atomic mass is 10.2. The third-order valence-corrected chi connectivity index (χ3v) is 3.63. The van der Waals surface area contributed by atoms with E-state index in [1.165, 1.54) is 0 Å². The van der Waals surface area contributed by atoms with Crippen molar-refractivity contribution in [1.82, 2.24) is 9.97 Å². The van der Waals surface area contributed by atoms with E-state index in [-0.39, 0.29) is 0 Å². The second-order valence-corrected chi connectivity index (χ2v) is 5.01. The molecule has 0 aliphatic heterocycles. The van der Waals surface area contributed by atoms with Gasteiger partial charge in [-0.25, -0.2) is 3.07 Å². The third kappa shape index (κ3) is 1.79. The van der Waals surface area contributed by atoms with Gasteiger partial charge < -0.3 is 8.51 Å². The Bertz CT molecular complexity index is 725. The van der Waals surface area contributed by atoms with Gasteiger partial charge in [0.15, 0.2) is 0 Å². The van der Waals surface area contributed by atoms with Crippen LogP contribution in [0.25, 0.3) is 21.8 Å². The predicted molar refractivity (Wildman–Crippen MR) is 76.9 cm³/mol. The van der Waals surface area contributed by atoms with E-state index in [0.717, 1.165) is 27.5 Å². The molecule has 3 rings (SSSR count). The van der Waals surface area contributed by atoms with Crippen LogP contribution in [0, 0.1) is 0 Å². The molecule has 6 heteroatoms. The highest BCUT2D eigenvalue weighted by Crippen LogP contribution is 2.33. The summed E-state index contributed by atoms with van der Waals surface area (Å²) in [5.41, 5.74) is 2.62. The summed E-state index contributed by atoms with van der Waals surface area (Å²) in [5.74, 6) is 0. The van der Waals surface area contributed by atoms with Crippen molar-refractivity contribution in [2.45, 2.75) is 0 Å². The summed E-state index contributed by atoms with van der Waals surface area (Å²) in [5, 5.41) is 2.69. The average Bonchev–Trinajstić information content (AvgIpc) is 2.69. The number of H-pyrrole nitrogens is 1. The Labute approximate surface area is 112 Å². The van der Waals surface area contributed by atoms with Gasteiger partial charge in [-0.05, 0) is 18.2 Å². The first-order chi connectivity index (χ1) is 8.29. The summed E-state index contributed by atoms with van der Waals surface area (Å²) < 4.78 is 13.7. The molecule has 0 aliphatic carbocycles. The van der Waals surface area contributed by atoms with Crippen molar-refractivity contribution in [3.05, 3.63) is 35.6 Å². The van der Waals surface area contributed by atoms with E-state index in [1.807, 2.05) is 12.1 Å². The number of aromatic nitrogens is 2. The number of benzene rings is 1. The number of nitrogens with zero attached hydrogens (tertiary/aromatic N) is 1. The normalized spacial score (nSPS) is 11.1. The van der Waals surface area contributed by atoms with Crippen LogP contribution in [-0.4, -0.2) is 9.97 Å². The summed E-state index contributed by atoms with van der Waals surface area (Å²) in [6.07, 6.45) is 3.50. The molecular weight excluding hydrogens is 352 g/mol. The van der Waals surface area contributed by atoms with Crippen molar-refractivity contribution < 1.29 is 3.07 Å². The minimum atomic E-state index is -1.28. The van der Waals surface area contributed by atoms with Crippen LogP contribution in [0.15, 0.2) is 30.6 Å². The van der Waals surface area contributed by atoms with Crippen LogP contribution in [-0.2, 0) is 3.07 Å². The van der Waals surface area contributed by atoms with E-state index in [2.05, 4.69) is 13.5 Å². The molecule has 0 unspecified atom stereocenters. The second-order valence-electron chi connectivity index (χ2n) is 3.59. The Morgan fingerprint density at radius 1 is 1.35 bits per heavy atom. The maximum atomic E-state index is 10.8. The van der Waals surface area contributed by atoms with Crippen molar-refractivity contribution in [2.24, 2.45) is 0 Å². The summed E-state index contributed by atoms with van der Waals surface area (Å²) >= 11 is 4.77. The summed E-state index contributed by atoms with van der Waals surface area (Å²) in [6.45, 7) is 0. The lowest BCUT2D eigenvalue weighted by Crippen LogP contribution is -1.82. The van der Waals surface area contributed by atoms with Gasteiger partial charge in [0.05, 0.1) is 22.9 Å². The van der Waals surface area contributed by atoms with Crippen molar-refractivity contribution in [3.8, 4) is 0 Å². The lowest BCUT2D eigenvalue weighted by molar-refractivity contribution is 0.648. The molecule has 2 heterocycles. The minimum absolute atomic E-state index is 0.621. The van der Waals surface area contributed by atoms with Gasteiger partial charge in [-0.2, -0.15) is 0 Å². The van der Waals surface area contributed by atoms with Gasteiger partial charge in [0.1, 0.15) is 0 Å². The zero-order valence-corrected chi connectivity index (χ0v) is 11.4. The number of anilines is 1. The Morgan fingerprint density at radius 3 is 3.06 bits per heavy atom. The molecule has 0 aliphatic rings. The first-order valence-electron chi connectivity index (χ1n) is 4.86.